The number of nitrogens with zero attached hydrogens (tertiary/aromatic N) is 3. The van der Waals surface area contributed by atoms with Crippen LogP contribution in [0.2, 0.25) is 0 Å². The number of hydrogen-bond acceptors (Lipinski definition) is 7. The van der Waals surface area contributed by atoms with Crippen molar-refractivity contribution in [3.05, 3.63) is 10.7 Å². The molecule has 1 saturated heterocycles. The summed E-state index contributed by atoms with van der Waals surface area (Å²) in [7, 11) is -2.89. The lowest BCUT2D eigenvalue weighted by molar-refractivity contribution is 0.586. The molecule has 0 amide bonds. The van der Waals surface area contributed by atoms with Crippen LogP contribution < -0.4 is 16.2 Å². The standard InChI is InChI=1S/C8H12BrN5O2S/c9-6-5-11-8(13-10)12-7(6)14-1-3-17(15,16)4-2-14/h5H,1-4,10H2,(H,11,12,13). The van der Waals surface area contributed by atoms with E-state index in [1.807, 2.05) is 4.90 Å². The molecule has 94 valence electrons. The van der Waals surface area contributed by atoms with Crippen molar-refractivity contribution in [1.82, 2.24) is 9.97 Å². The highest BCUT2D eigenvalue weighted by molar-refractivity contribution is 9.10. The van der Waals surface area contributed by atoms with Crippen molar-refractivity contribution >= 4 is 37.5 Å². The predicted octanol–water partition coefficient (Wildman–Crippen LogP) is -0.241. The largest absolute Gasteiger partial charge is 0.353 e. The predicted molar refractivity (Wildman–Crippen MR) is 68.4 cm³/mol. The highest BCUT2D eigenvalue weighted by Crippen LogP contribution is 2.25. The Kier molecular flexibility index (Phi) is 3.50. The maximum Gasteiger partial charge on any atom is 0.239 e. The molecule has 0 atom stereocenters. The maximum absolute atomic E-state index is 11.3. The Hall–Kier alpha value is -0.930. The Morgan fingerprint density at radius 1 is 1.41 bits per heavy atom. The van der Waals surface area contributed by atoms with Gasteiger partial charge in [0.25, 0.3) is 0 Å². The van der Waals surface area contributed by atoms with Crippen LogP contribution in [0.1, 0.15) is 0 Å². The molecule has 1 aliphatic heterocycles. The van der Waals surface area contributed by atoms with E-state index in [0.717, 1.165) is 4.47 Å². The van der Waals surface area contributed by atoms with Crippen molar-refractivity contribution in [1.29, 1.82) is 0 Å². The van der Waals surface area contributed by atoms with Gasteiger partial charge < -0.3 is 4.90 Å². The van der Waals surface area contributed by atoms with Crippen molar-refractivity contribution in [2.75, 3.05) is 34.9 Å². The number of sulfone groups is 1. The first kappa shape index (κ1) is 12.5. The Morgan fingerprint density at radius 3 is 2.65 bits per heavy atom. The summed E-state index contributed by atoms with van der Waals surface area (Å²) in [5.74, 6) is 6.49. The first-order valence-corrected chi connectivity index (χ1v) is 7.58. The number of nitrogens with two attached hydrogens (primary N) is 1. The lowest BCUT2D eigenvalue weighted by atomic mass is 10.4. The third-order valence-corrected chi connectivity index (χ3v) is 4.67. The number of hydrogen-bond donors (Lipinski definition) is 2. The van der Waals surface area contributed by atoms with Gasteiger partial charge >= 0.3 is 0 Å². The van der Waals surface area contributed by atoms with E-state index in [-0.39, 0.29) is 11.5 Å². The summed E-state index contributed by atoms with van der Waals surface area (Å²) >= 11 is 3.34. The molecule has 7 nitrogen and oxygen atoms in total. The number of aromatic nitrogens is 2. The molecular weight excluding hydrogens is 310 g/mol. The molecule has 2 rings (SSSR count). The van der Waals surface area contributed by atoms with Crippen LogP contribution in [0.15, 0.2) is 10.7 Å². The van der Waals surface area contributed by atoms with Gasteiger partial charge in [0, 0.05) is 19.3 Å². The molecule has 17 heavy (non-hydrogen) atoms. The maximum atomic E-state index is 11.3. The van der Waals surface area contributed by atoms with Gasteiger partial charge in [0.15, 0.2) is 9.84 Å². The van der Waals surface area contributed by atoms with E-state index in [4.69, 9.17) is 5.84 Å². The molecule has 3 N–H and O–H groups in total. The average Bonchev–Trinajstić information content (AvgIpc) is 2.30. The van der Waals surface area contributed by atoms with Crippen LogP contribution in [0.5, 0.6) is 0 Å². The second-order valence-corrected chi connectivity index (χ2v) is 6.81. The molecule has 9 heteroatoms. The lowest BCUT2D eigenvalue weighted by Gasteiger charge is -2.28. The number of nitrogens with one attached hydrogen (secondary N) is 1. The van der Waals surface area contributed by atoms with E-state index >= 15 is 0 Å². The van der Waals surface area contributed by atoms with Gasteiger partial charge in [-0.1, -0.05) is 0 Å². The third kappa shape index (κ3) is 2.85. The monoisotopic (exact) mass is 321 g/mol. The molecular formula is C8H12BrN5O2S. The average molecular weight is 322 g/mol. The van der Waals surface area contributed by atoms with E-state index in [2.05, 4.69) is 31.3 Å². The Balaban J connectivity index is 2.23. The zero-order chi connectivity index (χ0) is 12.5. The van der Waals surface area contributed by atoms with Crippen molar-refractivity contribution in [3.8, 4) is 0 Å². The van der Waals surface area contributed by atoms with Gasteiger partial charge in [-0.25, -0.2) is 19.2 Å². The van der Waals surface area contributed by atoms with E-state index in [9.17, 15) is 8.42 Å². The normalized spacial score (nSPS) is 19.1. The van der Waals surface area contributed by atoms with E-state index in [1.165, 1.54) is 0 Å². The highest BCUT2D eigenvalue weighted by Gasteiger charge is 2.24. The van der Waals surface area contributed by atoms with Gasteiger partial charge in [0.2, 0.25) is 5.95 Å². The zero-order valence-corrected chi connectivity index (χ0v) is 11.3. The first-order chi connectivity index (χ1) is 8.02. The highest BCUT2D eigenvalue weighted by atomic mass is 79.9. The topological polar surface area (TPSA) is 101 Å². The molecule has 0 aliphatic carbocycles. The van der Waals surface area contributed by atoms with Crippen LogP contribution in [0.3, 0.4) is 0 Å². The number of hydrazine groups is 1. The van der Waals surface area contributed by atoms with Gasteiger partial charge in [-0.3, -0.25) is 5.43 Å². The summed E-state index contributed by atoms with van der Waals surface area (Å²) in [6, 6.07) is 0. The van der Waals surface area contributed by atoms with E-state index in [1.54, 1.807) is 6.20 Å². The molecule has 2 heterocycles. The minimum atomic E-state index is -2.89. The van der Waals surface area contributed by atoms with Crippen LogP contribution >= 0.6 is 15.9 Å². The molecule has 0 unspecified atom stereocenters. The molecule has 1 aliphatic rings. The molecule has 0 saturated carbocycles. The number of rotatable bonds is 2. The first-order valence-electron chi connectivity index (χ1n) is 4.96. The minimum Gasteiger partial charge on any atom is -0.353 e. The summed E-state index contributed by atoms with van der Waals surface area (Å²) in [6.07, 6.45) is 1.58. The Morgan fingerprint density at radius 2 is 2.06 bits per heavy atom. The summed E-state index contributed by atoms with van der Waals surface area (Å²) in [6.45, 7) is 0.865. The fraction of sp³-hybridized carbons (Fsp3) is 0.500. The van der Waals surface area contributed by atoms with Gasteiger partial charge in [0.1, 0.15) is 5.82 Å². The summed E-state index contributed by atoms with van der Waals surface area (Å²) < 4.78 is 23.4. The quantitative estimate of drug-likeness (QED) is 0.572. The van der Waals surface area contributed by atoms with Crippen molar-refractivity contribution in [2.24, 2.45) is 5.84 Å². The van der Waals surface area contributed by atoms with Crippen LogP contribution in [-0.2, 0) is 9.84 Å². The second-order valence-electron chi connectivity index (χ2n) is 3.65. The van der Waals surface area contributed by atoms with Crippen LogP contribution in [0, 0.1) is 0 Å². The number of anilines is 2. The number of nitrogen functional groups attached to an aromatic ring is 1. The van der Waals surface area contributed by atoms with Crippen LogP contribution in [0.25, 0.3) is 0 Å². The van der Waals surface area contributed by atoms with Crippen LogP contribution in [0.4, 0.5) is 11.8 Å². The van der Waals surface area contributed by atoms with Crippen molar-refractivity contribution in [3.63, 3.8) is 0 Å². The minimum absolute atomic E-state index is 0.148. The third-order valence-electron chi connectivity index (χ3n) is 2.50. The second kappa shape index (κ2) is 4.75. The SMILES string of the molecule is NNc1ncc(Br)c(N2CCS(=O)(=O)CC2)n1. The molecule has 1 fully saturated rings. The van der Waals surface area contributed by atoms with Crippen molar-refractivity contribution in [2.45, 2.75) is 0 Å². The van der Waals surface area contributed by atoms with E-state index < -0.39 is 9.84 Å². The number of halogens is 1. The van der Waals surface area contributed by atoms with Gasteiger partial charge in [-0.2, -0.15) is 4.98 Å². The van der Waals surface area contributed by atoms with Gasteiger partial charge in [-0.05, 0) is 15.9 Å². The summed E-state index contributed by atoms with van der Waals surface area (Å²) in [5, 5.41) is 0. The molecule has 1 aromatic rings. The van der Waals surface area contributed by atoms with Gasteiger partial charge in [-0.15, -0.1) is 0 Å². The molecule has 0 radical (unpaired) electrons. The molecule has 0 aromatic carbocycles. The fourth-order valence-corrected chi connectivity index (χ4v) is 3.22. The Labute approximate surface area is 107 Å². The molecule has 0 spiro atoms. The summed E-state index contributed by atoms with van der Waals surface area (Å²) in [5.41, 5.74) is 2.36. The molecule has 0 bridgehead atoms. The van der Waals surface area contributed by atoms with Crippen LogP contribution in [-0.4, -0.2) is 43.0 Å². The lowest BCUT2D eigenvalue weighted by Crippen LogP contribution is -2.41. The fourth-order valence-electron chi connectivity index (χ4n) is 1.57. The molecule has 1 aromatic heterocycles. The Bertz CT molecular complexity index is 507. The van der Waals surface area contributed by atoms with E-state index in [0.29, 0.717) is 24.9 Å². The zero-order valence-electron chi connectivity index (χ0n) is 8.93. The summed E-state index contributed by atoms with van der Waals surface area (Å²) in [4.78, 5) is 10.0. The smallest absolute Gasteiger partial charge is 0.239 e. The van der Waals surface area contributed by atoms with Crippen molar-refractivity contribution < 1.29 is 8.42 Å². The van der Waals surface area contributed by atoms with Gasteiger partial charge in [0.05, 0.1) is 16.0 Å².